The van der Waals surface area contributed by atoms with Crippen LogP contribution in [0.3, 0.4) is 0 Å². The average molecular weight is 270 g/mol. The van der Waals surface area contributed by atoms with Gasteiger partial charge in [0.1, 0.15) is 0 Å². The number of benzene rings is 1. The first-order chi connectivity index (χ1) is 8.16. The molecule has 94 valence electrons. The molecule has 0 aromatic heterocycles. The van der Waals surface area contributed by atoms with E-state index in [0.717, 1.165) is 15.8 Å². The number of rotatable bonds is 3. The Balaban J connectivity index is 2.05. The van der Waals surface area contributed by atoms with Gasteiger partial charge in [-0.25, -0.2) is 0 Å². The van der Waals surface area contributed by atoms with Gasteiger partial charge in [-0.2, -0.15) is 0 Å². The highest BCUT2D eigenvalue weighted by molar-refractivity contribution is 8.00. The molecule has 0 radical (unpaired) electrons. The van der Waals surface area contributed by atoms with Crippen LogP contribution in [-0.2, 0) is 0 Å². The summed E-state index contributed by atoms with van der Waals surface area (Å²) in [5.41, 5.74) is 6.97. The SMILES string of the molecule is CC(N)c1ccc(SC2CCCCC2)c(Cl)c1. The molecule has 0 saturated heterocycles. The molecule has 1 aliphatic carbocycles. The Morgan fingerprint density at radius 2 is 2.00 bits per heavy atom. The normalized spacial score (nSPS) is 19.2. The van der Waals surface area contributed by atoms with Crippen LogP contribution in [0, 0.1) is 0 Å². The second-order valence-electron chi connectivity index (χ2n) is 4.86. The second-order valence-corrected chi connectivity index (χ2v) is 6.61. The molecule has 2 N–H and O–H groups in total. The molecule has 1 saturated carbocycles. The van der Waals surface area contributed by atoms with Crippen molar-refractivity contribution >= 4 is 23.4 Å². The standard InChI is InChI=1S/C14H20ClNS/c1-10(16)11-7-8-14(13(15)9-11)17-12-5-3-2-4-6-12/h7-10,12H,2-6,16H2,1H3. The van der Waals surface area contributed by atoms with Crippen LogP contribution in [0.2, 0.25) is 5.02 Å². The summed E-state index contributed by atoms with van der Waals surface area (Å²) in [7, 11) is 0. The molecule has 1 aliphatic rings. The number of hydrogen-bond donors (Lipinski definition) is 1. The van der Waals surface area contributed by atoms with E-state index >= 15 is 0 Å². The predicted molar refractivity (Wildman–Crippen MR) is 76.8 cm³/mol. The fraction of sp³-hybridized carbons (Fsp3) is 0.571. The molecule has 2 rings (SSSR count). The van der Waals surface area contributed by atoms with Crippen molar-refractivity contribution in [1.82, 2.24) is 0 Å². The van der Waals surface area contributed by atoms with Crippen molar-refractivity contribution in [2.45, 2.75) is 55.2 Å². The van der Waals surface area contributed by atoms with Gasteiger partial charge in [-0.05, 0) is 37.5 Å². The molecule has 1 fully saturated rings. The van der Waals surface area contributed by atoms with E-state index in [0.29, 0.717) is 0 Å². The summed E-state index contributed by atoms with van der Waals surface area (Å²) < 4.78 is 0. The van der Waals surface area contributed by atoms with E-state index < -0.39 is 0 Å². The van der Waals surface area contributed by atoms with Crippen molar-refractivity contribution in [2.75, 3.05) is 0 Å². The minimum Gasteiger partial charge on any atom is -0.324 e. The molecular formula is C14H20ClNS. The van der Waals surface area contributed by atoms with Gasteiger partial charge in [0.2, 0.25) is 0 Å². The lowest BCUT2D eigenvalue weighted by Gasteiger charge is -2.21. The summed E-state index contributed by atoms with van der Waals surface area (Å²) >= 11 is 8.26. The maximum Gasteiger partial charge on any atom is 0.0545 e. The third kappa shape index (κ3) is 3.64. The van der Waals surface area contributed by atoms with Crippen LogP contribution in [-0.4, -0.2) is 5.25 Å². The Morgan fingerprint density at radius 1 is 1.29 bits per heavy atom. The highest BCUT2D eigenvalue weighted by Crippen LogP contribution is 2.37. The highest BCUT2D eigenvalue weighted by Gasteiger charge is 2.16. The van der Waals surface area contributed by atoms with Crippen molar-refractivity contribution in [2.24, 2.45) is 5.73 Å². The summed E-state index contributed by atoms with van der Waals surface area (Å²) in [6.45, 7) is 1.99. The molecule has 0 bridgehead atoms. The molecule has 0 amide bonds. The lowest BCUT2D eigenvalue weighted by Crippen LogP contribution is -2.08. The number of halogens is 1. The third-order valence-corrected chi connectivity index (χ3v) is 5.17. The Bertz CT molecular complexity index is 372. The smallest absolute Gasteiger partial charge is 0.0545 e. The minimum absolute atomic E-state index is 0.0567. The van der Waals surface area contributed by atoms with Gasteiger partial charge < -0.3 is 5.73 Å². The minimum atomic E-state index is 0.0567. The predicted octanol–water partition coefficient (Wildman–Crippen LogP) is 4.78. The topological polar surface area (TPSA) is 26.0 Å². The fourth-order valence-corrected chi connectivity index (χ4v) is 3.83. The van der Waals surface area contributed by atoms with Crippen LogP contribution in [0.15, 0.2) is 23.1 Å². The van der Waals surface area contributed by atoms with Crippen LogP contribution >= 0.6 is 23.4 Å². The summed E-state index contributed by atoms with van der Waals surface area (Å²) in [6.07, 6.45) is 6.79. The van der Waals surface area contributed by atoms with Crippen molar-refractivity contribution in [3.05, 3.63) is 28.8 Å². The molecule has 0 aliphatic heterocycles. The van der Waals surface area contributed by atoms with Crippen LogP contribution in [0.1, 0.15) is 50.6 Å². The second kappa shape index (κ2) is 6.12. The summed E-state index contributed by atoms with van der Waals surface area (Å²) in [6, 6.07) is 6.29. The third-order valence-electron chi connectivity index (χ3n) is 3.33. The monoisotopic (exact) mass is 269 g/mol. The number of hydrogen-bond acceptors (Lipinski definition) is 2. The first-order valence-corrected chi connectivity index (χ1v) is 7.64. The van der Waals surface area contributed by atoms with Gasteiger partial charge >= 0.3 is 0 Å². The lowest BCUT2D eigenvalue weighted by molar-refractivity contribution is 0.516. The van der Waals surface area contributed by atoms with E-state index in [1.165, 1.54) is 37.0 Å². The van der Waals surface area contributed by atoms with Gasteiger partial charge in [-0.1, -0.05) is 36.9 Å². The van der Waals surface area contributed by atoms with Gasteiger partial charge in [0.25, 0.3) is 0 Å². The Labute approximate surface area is 113 Å². The number of nitrogens with two attached hydrogens (primary N) is 1. The highest BCUT2D eigenvalue weighted by atomic mass is 35.5. The molecule has 1 aromatic carbocycles. The zero-order chi connectivity index (χ0) is 12.3. The van der Waals surface area contributed by atoms with Crippen LogP contribution in [0.5, 0.6) is 0 Å². The Hall–Kier alpha value is -0.180. The van der Waals surface area contributed by atoms with Gasteiger partial charge in [-0.15, -0.1) is 11.8 Å². The van der Waals surface area contributed by atoms with Crippen LogP contribution in [0.4, 0.5) is 0 Å². The van der Waals surface area contributed by atoms with E-state index in [-0.39, 0.29) is 6.04 Å². The van der Waals surface area contributed by atoms with Crippen molar-refractivity contribution < 1.29 is 0 Å². The molecule has 0 heterocycles. The summed E-state index contributed by atoms with van der Waals surface area (Å²) in [4.78, 5) is 1.21. The van der Waals surface area contributed by atoms with Crippen LogP contribution < -0.4 is 5.73 Å². The molecule has 1 unspecified atom stereocenters. The average Bonchev–Trinajstić information content (AvgIpc) is 2.33. The summed E-state index contributed by atoms with van der Waals surface area (Å²) in [5.74, 6) is 0. The first kappa shape index (κ1) is 13.3. The van der Waals surface area contributed by atoms with Gasteiger partial charge in [0, 0.05) is 16.2 Å². The molecule has 1 atom stereocenters. The largest absolute Gasteiger partial charge is 0.324 e. The molecule has 3 heteroatoms. The van der Waals surface area contributed by atoms with Crippen molar-refractivity contribution in [1.29, 1.82) is 0 Å². The van der Waals surface area contributed by atoms with Gasteiger partial charge in [0.15, 0.2) is 0 Å². The molecule has 1 nitrogen and oxygen atoms in total. The van der Waals surface area contributed by atoms with Crippen molar-refractivity contribution in [3.63, 3.8) is 0 Å². The fourth-order valence-electron chi connectivity index (χ4n) is 2.26. The summed E-state index contributed by atoms with van der Waals surface area (Å²) in [5, 5.41) is 1.61. The van der Waals surface area contributed by atoms with Crippen molar-refractivity contribution in [3.8, 4) is 0 Å². The number of thioether (sulfide) groups is 1. The zero-order valence-electron chi connectivity index (χ0n) is 10.3. The van der Waals surface area contributed by atoms with Crippen LogP contribution in [0.25, 0.3) is 0 Å². The molecule has 1 aromatic rings. The van der Waals surface area contributed by atoms with E-state index in [2.05, 4.69) is 12.1 Å². The zero-order valence-corrected chi connectivity index (χ0v) is 11.9. The van der Waals surface area contributed by atoms with E-state index in [4.69, 9.17) is 17.3 Å². The van der Waals surface area contributed by atoms with E-state index in [1.807, 2.05) is 24.8 Å². The van der Waals surface area contributed by atoms with E-state index in [1.54, 1.807) is 0 Å². The van der Waals surface area contributed by atoms with E-state index in [9.17, 15) is 0 Å². The Kier molecular flexibility index (Phi) is 4.78. The maximum atomic E-state index is 6.32. The molecular weight excluding hydrogens is 250 g/mol. The van der Waals surface area contributed by atoms with Gasteiger partial charge in [0.05, 0.1) is 5.02 Å². The first-order valence-electron chi connectivity index (χ1n) is 6.38. The maximum absolute atomic E-state index is 6.32. The quantitative estimate of drug-likeness (QED) is 0.854. The molecule has 0 spiro atoms. The Morgan fingerprint density at radius 3 is 2.59 bits per heavy atom. The van der Waals surface area contributed by atoms with Gasteiger partial charge in [-0.3, -0.25) is 0 Å². The lowest BCUT2D eigenvalue weighted by atomic mass is 10.0. The molecule has 17 heavy (non-hydrogen) atoms.